The molecule has 1 rings (SSSR count). The molecule has 1 heteroatoms. The zero-order valence-electron chi connectivity index (χ0n) is 2.57. The van der Waals surface area contributed by atoms with Crippen LogP contribution in [0.3, 0.4) is 0 Å². The molecule has 0 aromatic carbocycles. The Labute approximate surface area is 38.2 Å². The van der Waals surface area contributed by atoms with Gasteiger partial charge in [-0.1, -0.05) is 0 Å². The van der Waals surface area contributed by atoms with E-state index in [0.717, 1.165) is 0 Å². The maximum absolute atomic E-state index is 1.68. The summed E-state index contributed by atoms with van der Waals surface area (Å²) in [6.45, 7) is 0. The van der Waals surface area contributed by atoms with Crippen LogP contribution in [-0.2, 0) is 0 Å². The molecule has 1 radical (unpaired) electrons. The Bertz CT molecular complexity index is 11.2. The van der Waals surface area contributed by atoms with Crippen molar-refractivity contribution in [1.29, 1.82) is 0 Å². The van der Waals surface area contributed by atoms with Gasteiger partial charge in [0.05, 0.1) is 0 Å². The molecule has 0 unspecified atom stereocenters. The Morgan fingerprint density at radius 1 is 1.25 bits per heavy atom. The van der Waals surface area contributed by atoms with Crippen LogP contribution in [0, 0.1) is 0 Å². The fraction of sp³-hybridized carbons (Fsp3) is 1.00. The van der Waals surface area contributed by atoms with Gasteiger partial charge >= 0.3 is 37.9 Å². The van der Waals surface area contributed by atoms with E-state index >= 15 is 0 Å². The van der Waals surface area contributed by atoms with Gasteiger partial charge in [0.1, 0.15) is 0 Å². The first-order chi connectivity index (χ1) is 2.00. The number of hydrogen-bond donors (Lipinski definition) is 0. The van der Waals surface area contributed by atoms with E-state index in [4.69, 9.17) is 0 Å². The molecule has 0 bridgehead atoms. The van der Waals surface area contributed by atoms with Gasteiger partial charge in [0, 0.05) is 0 Å². The number of hydrogen-bond acceptors (Lipinski definition) is 0. The fourth-order valence-electron chi connectivity index (χ4n) is 0.158. The van der Waals surface area contributed by atoms with E-state index in [1.54, 1.807) is 14.7 Å². The van der Waals surface area contributed by atoms with E-state index in [2.05, 4.69) is 0 Å². The van der Waals surface area contributed by atoms with Crippen LogP contribution in [0.1, 0.15) is 6.42 Å². The van der Waals surface area contributed by atoms with Crippen molar-refractivity contribution in [3.05, 3.63) is 0 Å². The van der Waals surface area contributed by atoms with Gasteiger partial charge in [-0.25, -0.2) is 0 Å². The molecule has 1 saturated heterocycles. The summed E-state index contributed by atoms with van der Waals surface area (Å²) in [5.41, 5.74) is 0. The van der Waals surface area contributed by atoms with Gasteiger partial charge in [0.15, 0.2) is 0 Å². The summed E-state index contributed by atoms with van der Waals surface area (Å²) in [6, 6.07) is 0. The monoisotopic (exact) mass is 251 g/mol. The van der Waals surface area contributed by atoms with Crippen molar-refractivity contribution < 1.29 is 0 Å². The van der Waals surface area contributed by atoms with E-state index < -0.39 is 0 Å². The van der Waals surface area contributed by atoms with E-state index in [9.17, 15) is 0 Å². The third kappa shape index (κ3) is 0.429. The van der Waals surface area contributed by atoms with E-state index in [1.807, 2.05) is 0 Å². The van der Waals surface area contributed by atoms with Crippen molar-refractivity contribution in [2.45, 2.75) is 14.7 Å². The second-order valence-corrected chi connectivity index (χ2v) is 6.24. The minimum absolute atomic E-state index is 0.336. The van der Waals surface area contributed by atoms with Crippen LogP contribution in [0.5, 0.6) is 0 Å². The van der Waals surface area contributed by atoms with Crippen molar-refractivity contribution in [2.24, 2.45) is 0 Å². The van der Waals surface area contributed by atoms with Crippen LogP contribution < -0.4 is 0 Å². The number of rotatable bonds is 0. The summed E-state index contributed by atoms with van der Waals surface area (Å²) < 4.78 is 3.36. The molecule has 23 valence electrons. The molecule has 1 heterocycles. The Morgan fingerprint density at radius 3 is 1.50 bits per heavy atom. The molecule has 0 aromatic rings. The molecule has 1 aliphatic rings. The van der Waals surface area contributed by atoms with Gasteiger partial charge < -0.3 is 0 Å². The molecule has 0 amide bonds. The molecular weight excluding hydrogens is 245 g/mol. The Balaban J connectivity index is 2.00. The quantitative estimate of drug-likeness (QED) is 0.562. The Kier molecular flexibility index (Phi) is 1.04. The third-order valence-corrected chi connectivity index (χ3v) is 5.55. The minimum atomic E-state index is 0.336. The van der Waals surface area contributed by atoms with Crippen molar-refractivity contribution in [1.82, 2.24) is 0 Å². The Hall–Kier alpha value is 0.883. The molecule has 0 spiro atoms. The van der Waals surface area contributed by atoms with Crippen LogP contribution in [0.15, 0.2) is 0 Å². The normalized spacial score (nSPS) is 24.0. The van der Waals surface area contributed by atoms with Crippen molar-refractivity contribution in [3.8, 4) is 0 Å². The zero-order valence-corrected chi connectivity index (χ0v) is 6.05. The molecule has 1 aliphatic heterocycles. The van der Waals surface area contributed by atoms with E-state index in [-0.39, 0.29) is 0 Å². The second-order valence-electron chi connectivity index (χ2n) is 1.02. The fourth-order valence-corrected chi connectivity index (χ4v) is 1.39. The second kappa shape index (κ2) is 1.35. The zero-order chi connectivity index (χ0) is 2.83. The first-order valence-corrected chi connectivity index (χ1v) is 6.55. The summed E-state index contributed by atoms with van der Waals surface area (Å²) in [5.74, 6) is 0. The van der Waals surface area contributed by atoms with Gasteiger partial charge in [-0.15, -0.1) is 0 Å². The molecule has 0 nitrogen and oxygen atoms in total. The molecule has 0 aliphatic carbocycles. The summed E-state index contributed by atoms with van der Waals surface area (Å²) in [6.07, 6.45) is 1.58. The van der Waals surface area contributed by atoms with E-state index in [1.165, 1.54) is 0 Å². The molecule has 4 heavy (non-hydrogen) atoms. The van der Waals surface area contributed by atoms with Crippen molar-refractivity contribution in [2.75, 3.05) is 0 Å². The molecule has 0 saturated carbocycles. The van der Waals surface area contributed by atoms with Crippen LogP contribution in [0.25, 0.3) is 0 Å². The van der Waals surface area contributed by atoms with Gasteiger partial charge in [0.25, 0.3) is 0 Å². The van der Waals surface area contributed by atoms with Crippen molar-refractivity contribution >= 4 is 23.2 Å². The van der Waals surface area contributed by atoms with Gasteiger partial charge in [-0.05, 0) is 0 Å². The first kappa shape index (κ1) is 3.09. The molecule has 0 N–H and O–H groups in total. The topological polar surface area (TPSA) is 0 Å². The van der Waals surface area contributed by atoms with Crippen LogP contribution in [0.4, 0.5) is 0 Å². The predicted molar refractivity (Wildman–Crippen MR) is 20.0 cm³/mol. The van der Waals surface area contributed by atoms with Gasteiger partial charge in [-0.2, -0.15) is 0 Å². The average Bonchev–Trinajstić information content (AvgIpc) is 0.722. The van der Waals surface area contributed by atoms with Crippen LogP contribution in [0.2, 0.25) is 8.26 Å². The predicted octanol–water partition coefficient (Wildman–Crippen LogP) is 0.931. The van der Waals surface area contributed by atoms with E-state index in [0.29, 0.717) is 23.2 Å². The van der Waals surface area contributed by atoms with Crippen LogP contribution in [-0.4, -0.2) is 23.2 Å². The van der Waals surface area contributed by atoms with Crippen molar-refractivity contribution in [3.63, 3.8) is 0 Å². The maximum atomic E-state index is 1.68. The summed E-state index contributed by atoms with van der Waals surface area (Å²) in [5, 5.41) is 0. The molecule has 0 aromatic heterocycles. The summed E-state index contributed by atoms with van der Waals surface area (Å²) in [7, 11) is 0. The first-order valence-electron chi connectivity index (χ1n) is 1.63. The van der Waals surface area contributed by atoms with Crippen LogP contribution >= 0.6 is 0 Å². The Morgan fingerprint density at radius 2 is 1.50 bits per heavy atom. The molecule has 1 fully saturated rings. The third-order valence-electron chi connectivity index (χ3n) is 0.632. The molecule has 0 atom stereocenters. The van der Waals surface area contributed by atoms with Gasteiger partial charge in [-0.3, -0.25) is 0 Å². The van der Waals surface area contributed by atoms with Gasteiger partial charge in [0.2, 0.25) is 0 Å². The molecular formula is C3H6Bi. The average molecular weight is 251 g/mol. The summed E-state index contributed by atoms with van der Waals surface area (Å²) >= 11 is 0.336. The summed E-state index contributed by atoms with van der Waals surface area (Å²) in [4.78, 5) is 0. The standard InChI is InChI=1S/C3H6.Bi/c1-3-2;/h1-3H2;. The SMILES string of the molecule is C1[CH2][Bi][CH2]1.